The number of rotatable bonds is 4. The molecule has 0 saturated carbocycles. The molecule has 0 radical (unpaired) electrons. The molecule has 2 aromatic heterocycles. The molecule has 1 saturated heterocycles. The molecule has 0 spiro atoms. The molecule has 3 heterocycles. The maximum Gasteiger partial charge on any atom is 0.282 e. The van der Waals surface area contributed by atoms with E-state index in [9.17, 15) is 9.59 Å². The molecule has 0 bridgehead atoms. The Hall–Kier alpha value is -3.87. The average Bonchev–Trinajstić information content (AvgIpc) is 3.20. The predicted molar refractivity (Wildman–Crippen MR) is 126 cm³/mol. The molecule has 0 unspecified atom stereocenters. The molecule has 162 valence electrons. The number of carbonyl (C=O) groups excluding carboxylic acids is 1. The van der Waals surface area contributed by atoms with Crippen LogP contribution in [0.25, 0.3) is 28.0 Å². The third-order valence-corrected chi connectivity index (χ3v) is 6.13. The minimum absolute atomic E-state index is 0.191. The summed E-state index contributed by atoms with van der Waals surface area (Å²) in [7, 11) is 0. The topological polar surface area (TPSA) is 96.5 Å². The molecule has 5 rings (SSSR count). The number of hydrogen-bond donors (Lipinski definition) is 2. The van der Waals surface area contributed by atoms with E-state index < -0.39 is 5.91 Å². The molecule has 7 heteroatoms. The number of aromatic amines is 1. The van der Waals surface area contributed by atoms with Crippen LogP contribution in [0.1, 0.15) is 35.3 Å². The summed E-state index contributed by atoms with van der Waals surface area (Å²) in [5.41, 5.74) is 11.0. The summed E-state index contributed by atoms with van der Waals surface area (Å²) >= 11 is 0. The van der Waals surface area contributed by atoms with Gasteiger partial charge in [-0.2, -0.15) is 9.61 Å². The van der Waals surface area contributed by atoms with Gasteiger partial charge in [-0.05, 0) is 43.9 Å². The number of fused-ring (bicyclic) bond motifs is 1. The second-order valence-electron chi connectivity index (χ2n) is 8.24. The van der Waals surface area contributed by atoms with Crippen LogP contribution < -0.4 is 16.2 Å². The van der Waals surface area contributed by atoms with Crippen LogP contribution in [-0.4, -0.2) is 33.6 Å². The number of benzene rings is 2. The van der Waals surface area contributed by atoms with Crippen LogP contribution >= 0.6 is 0 Å². The monoisotopic (exact) mass is 427 g/mol. The first-order valence-corrected chi connectivity index (χ1v) is 10.9. The van der Waals surface area contributed by atoms with Gasteiger partial charge in [0, 0.05) is 29.9 Å². The second-order valence-corrected chi connectivity index (χ2v) is 8.24. The van der Waals surface area contributed by atoms with Crippen molar-refractivity contribution in [2.75, 3.05) is 18.0 Å². The van der Waals surface area contributed by atoms with E-state index in [4.69, 9.17) is 10.8 Å². The molecule has 1 fully saturated rings. The highest BCUT2D eigenvalue weighted by Gasteiger charge is 2.25. The lowest BCUT2D eigenvalue weighted by atomic mass is 10.0. The summed E-state index contributed by atoms with van der Waals surface area (Å²) in [5, 5.41) is 4.79. The number of nitrogens with two attached hydrogens (primary N) is 1. The first-order chi connectivity index (χ1) is 15.5. The minimum Gasteiger partial charge on any atom is -0.367 e. The Labute approximate surface area is 185 Å². The molecule has 1 aliphatic heterocycles. The molecular formula is C25H25N5O2. The number of H-pyrrole nitrogens is 1. The van der Waals surface area contributed by atoms with Crippen molar-refractivity contribution < 1.29 is 4.79 Å². The predicted octanol–water partition coefficient (Wildman–Crippen LogP) is 3.75. The van der Waals surface area contributed by atoms with Gasteiger partial charge in [-0.15, -0.1) is 0 Å². The number of primary amides is 1. The van der Waals surface area contributed by atoms with E-state index in [1.54, 1.807) is 24.3 Å². The van der Waals surface area contributed by atoms with Crippen molar-refractivity contribution in [2.24, 2.45) is 5.73 Å². The van der Waals surface area contributed by atoms with Gasteiger partial charge in [-0.25, -0.2) is 0 Å². The van der Waals surface area contributed by atoms with E-state index in [1.807, 2.05) is 37.3 Å². The Morgan fingerprint density at radius 2 is 1.66 bits per heavy atom. The van der Waals surface area contributed by atoms with Gasteiger partial charge in [0.25, 0.3) is 5.56 Å². The zero-order chi connectivity index (χ0) is 22.2. The van der Waals surface area contributed by atoms with Crippen molar-refractivity contribution in [3.63, 3.8) is 0 Å². The zero-order valence-electron chi connectivity index (χ0n) is 18.0. The maximum atomic E-state index is 13.6. The standard InChI is InChI=1S/C25H25N5O2/c1-16-20(17-10-12-19(13-11-17)23(26)31)25(32)30-24(27-16)22(29-14-6-3-7-15-29)21(28-30)18-8-4-2-5-9-18/h2,4-5,8-13,27H,3,6-7,14-15H2,1H3,(H2,26,31). The van der Waals surface area contributed by atoms with Gasteiger partial charge in [-0.1, -0.05) is 42.5 Å². The lowest BCUT2D eigenvalue weighted by Crippen LogP contribution is -2.30. The van der Waals surface area contributed by atoms with Crippen LogP contribution in [0, 0.1) is 6.92 Å². The lowest BCUT2D eigenvalue weighted by Gasteiger charge is -2.28. The number of anilines is 1. The fourth-order valence-electron chi connectivity index (χ4n) is 4.52. The van der Waals surface area contributed by atoms with Gasteiger partial charge in [0.05, 0.1) is 5.56 Å². The normalized spacial score (nSPS) is 14.1. The van der Waals surface area contributed by atoms with Gasteiger partial charge in [0.1, 0.15) is 11.4 Å². The molecule has 3 N–H and O–H groups in total. The molecule has 0 aliphatic carbocycles. The minimum atomic E-state index is -0.497. The Kier molecular flexibility index (Phi) is 5.01. The van der Waals surface area contributed by atoms with Gasteiger partial charge in [0.15, 0.2) is 5.65 Å². The first-order valence-electron chi connectivity index (χ1n) is 10.9. The Morgan fingerprint density at radius 3 is 2.31 bits per heavy atom. The summed E-state index contributed by atoms with van der Waals surface area (Å²) in [5.74, 6) is -0.497. The molecule has 1 amide bonds. The highest BCUT2D eigenvalue weighted by Crippen LogP contribution is 2.35. The largest absolute Gasteiger partial charge is 0.367 e. The second kappa shape index (κ2) is 8.00. The van der Waals surface area contributed by atoms with Crippen molar-refractivity contribution in [3.05, 3.63) is 76.2 Å². The molecular weight excluding hydrogens is 402 g/mol. The SMILES string of the molecule is Cc1[nH]c2c(N3CCCCC3)c(-c3ccccc3)nn2c(=O)c1-c1ccc(C(N)=O)cc1. The number of aryl methyl sites for hydroxylation is 1. The Balaban J connectivity index is 1.74. The van der Waals surface area contributed by atoms with Crippen molar-refractivity contribution in [2.45, 2.75) is 26.2 Å². The summed E-state index contributed by atoms with van der Waals surface area (Å²) in [6.07, 6.45) is 3.47. The average molecular weight is 428 g/mol. The number of aromatic nitrogens is 3. The number of piperidine rings is 1. The molecule has 7 nitrogen and oxygen atoms in total. The summed E-state index contributed by atoms with van der Waals surface area (Å²) in [6.45, 7) is 3.78. The van der Waals surface area contributed by atoms with E-state index >= 15 is 0 Å². The van der Waals surface area contributed by atoms with E-state index in [0.717, 1.165) is 48.6 Å². The van der Waals surface area contributed by atoms with Crippen LogP contribution in [-0.2, 0) is 0 Å². The third kappa shape index (κ3) is 3.36. The van der Waals surface area contributed by atoms with Gasteiger partial charge >= 0.3 is 0 Å². The summed E-state index contributed by atoms with van der Waals surface area (Å²) < 4.78 is 1.48. The quantitative estimate of drug-likeness (QED) is 0.518. The highest BCUT2D eigenvalue weighted by molar-refractivity contribution is 5.93. The number of nitrogens with zero attached hydrogens (tertiary/aromatic N) is 3. The fourth-order valence-corrected chi connectivity index (χ4v) is 4.52. The molecule has 0 atom stereocenters. The van der Waals surface area contributed by atoms with Crippen LogP contribution in [0.4, 0.5) is 5.69 Å². The maximum absolute atomic E-state index is 13.6. The third-order valence-electron chi connectivity index (χ3n) is 6.13. The zero-order valence-corrected chi connectivity index (χ0v) is 18.0. The Morgan fingerprint density at radius 1 is 0.969 bits per heavy atom. The highest BCUT2D eigenvalue weighted by atomic mass is 16.1. The number of carbonyl (C=O) groups is 1. The van der Waals surface area contributed by atoms with Gasteiger partial charge in [-0.3, -0.25) is 9.59 Å². The van der Waals surface area contributed by atoms with Crippen LogP contribution in [0.2, 0.25) is 0 Å². The molecule has 32 heavy (non-hydrogen) atoms. The number of amides is 1. The van der Waals surface area contributed by atoms with Crippen molar-refractivity contribution in [1.82, 2.24) is 14.6 Å². The van der Waals surface area contributed by atoms with Crippen molar-refractivity contribution in [3.8, 4) is 22.4 Å². The number of nitrogens with one attached hydrogen (secondary N) is 1. The fraction of sp³-hybridized carbons (Fsp3) is 0.240. The smallest absolute Gasteiger partial charge is 0.282 e. The van der Waals surface area contributed by atoms with Gasteiger partial charge < -0.3 is 15.6 Å². The van der Waals surface area contributed by atoms with Crippen LogP contribution in [0.5, 0.6) is 0 Å². The van der Waals surface area contributed by atoms with Crippen LogP contribution in [0.15, 0.2) is 59.4 Å². The molecule has 2 aromatic carbocycles. The van der Waals surface area contributed by atoms with E-state index in [-0.39, 0.29) is 5.56 Å². The summed E-state index contributed by atoms with van der Waals surface area (Å²) in [6, 6.07) is 16.8. The Bertz CT molecular complexity index is 1350. The van der Waals surface area contributed by atoms with Gasteiger partial charge in [0.2, 0.25) is 5.91 Å². The molecule has 4 aromatic rings. The number of hydrogen-bond acceptors (Lipinski definition) is 4. The van der Waals surface area contributed by atoms with E-state index in [1.165, 1.54) is 10.9 Å². The van der Waals surface area contributed by atoms with E-state index in [0.29, 0.717) is 22.3 Å². The summed E-state index contributed by atoms with van der Waals surface area (Å²) in [4.78, 5) is 30.8. The van der Waals surface area contributed by atoms with Crippen molar-refractivity contribution in [1.29, 1.82) is 0 Å². The van der Waals surface area contributed by atoms with E-state index in [2.05, 4.69) is 9.88 Å². The first kappa shape index (κ1) is 20.1. The van der Waals surface area contributed by atoms with Crippen molar-refractivity contribution >= 4 is 17.2 Å². The lowest BCUT2D eigenvalue weighted by molar-refractivity contribution is 0.100. The molecule has 1 aliphatic rings. The van der Waals surface area contributed by atoms with Crippen LogP contribution in [0.3, 0.4) is 0 Å².